The zero-order valence-corrected chi connectivity index (χ0v) is 9.18. The molecule has 88 valence electrons. The van der Waals surface area contributed by atoms with Gasteiger partial charge in [-0.1, -0.05) is 0 Å². The fourth-order valence-corrected chi connectivity index (χ4v) is 0.901. The molecule has 0 saturated carbocycles. The largest absolute Gasteiger partial charge is 0.475 e. The molecule has 1 aromatic carbocycles. The lowest BCUT2D eigenvalue weighted by Gasteiger charge is -2.21. The highest BCUT2D eigenvalue weighted by Crippen LogP contribution is 2.40. The second-order valence-corrected chi connectivity index (χ2v) is 3.80. The molecule has 0 heterocycles. The minimum Gasteiger partial charge on any atom is -0.427 e. The fraction of sp³-hybridized carbons (Fsp3) is 0.222. The first-order valence-corrected chi connectivity index (χ1v) is 4.74. The Kier molecular flexibility index (Phi) is 3.57. The van der Waals surface area contributed by atoms with E-state index in [9.17, 15) is 22.4 Å². The van der Waals surface area contributed by atoms with E-state index >= 15 is 0 Å². The van der Waals surface area contributed by atoms with Crippen molar-refractivity contribution in [3.63, 3.8) is 0 Å². The number of carbonyl (C=O) groups is 1. The quantitative estimate of drug-likeness (QED) is 0.483. The van der Waals surface area contributed by atoms with Crippen LogP contribution in [0.3, 0.4) is 0 Å². The van der Waals surface area contributed by atoms with Gasteiger partial charge in [0, 0.05) is 21.5 Å². The molecule has 0 aliphatic heterocycles. The van der Waals surface area contributed by atoms with Crippen LogP contribution in [0, 0.1) is 0 Å². The Morgan fingerprint density at radius 1 is 1.12 bits per heavy atom. The highest BCUT2D eigenvalue weighted by atomic mass is 79.9. The van der Waals surface area contributed by atoms with Gasteiger partial charge < -0.3 is 4.74 Å². The van der Waals surface area contributed by atoms with Crippen LogP contribution < -0.4 is 4.74 Å². The Morgan fingerprint density at radius 2 is 1.62 bits per heavy atom. The summed E-state index contributed by atoms with van der Waals surface area (Å²) < 4.78 is 53.9. The molecule has 0 saturated heterocycles. The fourth-order valence-electron chi connectivity index (χ4n) is 0.820. The van der Waals surface area contributed by atoms with Crippen LogP contribution in [-0.2, 0) is 0 Å². The molecule has 2 nitrogen and oxygen atoms in total. The number of ether oxygens (including phenoxy) is 1. The summed E-state index contributed by atoms with van der Waals surface area (Å²) in [6.45, 7) is 0. The SMILES string of the molecule is O=Cc1ccc(OC(F)(F)C(F)(F)Br)cc1. The second kappa shape index (κ2) is 4.40. The molecule has 0 fully saturated rings. The lowest BCUT2D eigenvalue weighted by molar-refractivity contribution is -0.266. The van der Waals surface area contributed by atoms with Gasteiger partial charge in [0.05, 0.1) is 0 Å². The number of rotatable bonds is 4. The average Bonchev–Trinajstić information content (AvgIpc) is 2.16. The third-order valence-electron chi connectivity index (χ3n) is 1.59. The Balaban J connectivity index is 2.84. The Bertz CT molecular complexity index is 372. The monoisotopic (exact) mass is 300 g/mol. The molecule has 0 aliphatic carbocycles. The Morgan fingerprint density at radius 3 is 2.00 bits per heavy atom. The maximum absolute atomic E-state index is 12.7. The van der Waals surface area contributed by atoms with Crippen LogP contribution in [0.25, 0.3) is 0 Å². The highest BCUT2D eigenvalue weighted by molar-refractivity contribution is 9.10. The molecule has 0 aliphatic rings. The van der Waals surface area contributed by atoms with Crippen LogP contribution in [0.2, 0.25) is 0 Å². The Labute approximate surface area is 96.3 Å². The number of hydrogen-bond acceptors (Lipinski definition) is 2. The number of hydrogen-bond donors (Lipinski definition) is 0. The van der Waals surface area contributed by atoms with Gasteiger partial charge in [-0.25, -0.2) is 0 Å². The summed E-state index contributed by atoms with van der Waals surface area (Å²) in [4.78, 5) is 5.78. The first-order chi connectivity index (χ1) is 7.26. The van der Waals surface area contributed by atoms with E-state index in [0.717, 1.165) is 12.1 Å². The summed E-state index contributed by atoms with van der Waals surface area (Å²) in [5.74, 6) is -0.463. The lowest BCUT2D eigenvalue weighted by atomic mass is 10.2. The summed E-state index contributed by atoms with van der Waals surface area (Å²) in [5.41, 5.74) is 0.223. The Hall–Kier alpha value is -1.11. The zero-order chi connectivity index (χ0) is 12.4. The molecular weight excluding hydrogens is 296 g/mol. The molecule has 16 heavy (non-hydrogen) atoms. The van der Waals surface area contributed by atoms with Gasteiger partial charge >= 0.3 is 10.9 Å². The van der Waals surface area contributed by atoms with Crippen molar-refractivity contribution in [2.75, 3.05) is 0 Å². The van der Waals surface area contributed by atoms with Crippen LogP contribution in [-0.4, -0.2) is 17.2 Å². The van der Waals surface area contributed by atoms with Gasteiger partial charge in [0.2, 0.25) is 0 Å². The first-order valence-electron chi connectivity index (χ1n) is 3.95. The normalized spacial score (nSPS) is 12.3. The molecule has 7 heteroatoms. The lowest BCUT2D eigenvalue weighted by Crippen LogP contribution is -2.40. The maximum Gasteiger partial charge on any atom is 0.475 e. The summed E-state index contributed by atoms with van der Waals surface area (Å²) in [6.07, 6.45) is -4.18. The van der Waals surface area contributed by atoms with Crippen molar-refractivity contribution in [1.82, 2.24) is 0 Å². The van der Waals surface area contributed by atoms with Crippen molar-refractivity contribution >= 4 is 22.2 Å². The van der Waals surface area contributed by atoms with Crippen molar-refractivity contribution < 1.29 is 27.1 Å². The van der Waals surface area contributed by atoms with Gasteiger partial charge in [-0.2, -0.15) is 17.6 Å². The van der Waals surface area contributed by atoms with Gasteiger partial charge in [0.1, 0.15) is 12.0 Å². The van der Waals surface area contributed by atoms with Crippen LogP contribution in [0.1, 0.15) is 10.4 Å². The van der Waals surface area contributed by atoms with E-state index in [1.807, 2.05) is 0 Å². The molecule has 0 amide bonds. The average molecular weight is 301 g/mol. The van der Waals surface area contributed by atoms with Gasteiger partial charge in [0.25, 0.3) is 0 Å². The van der Waals surface area contributed by atoms with Gasteiger partial charge in [-0.3, -0.25) is 4.79 Å². The predicted octanol–water partition coefficient (Wildman–Crippen LogP) is 3.46. The van der Waals surface area contributed by atoms with Crippen LogP contribution >= 0.6 is 15.9 Å². The topological polar surface area (TPSA) is 26.3 Å². The predicted molar refractivity (Wildman–Crippen MR) is 51.3 cm³/mol. The second-order valence-electron chi connectivity index (χ2n) is 2.80. The minimum atomic E-state index is -4.67. The minimum absolute atomic E-state index is 0.223. The van der Waals surface area contributed by atoms with E-state index in [0.29, 0.717) is 6.29 Å². The van der Waals surface area contributed by atoms with Crippen LogP contribution in [0.4, 0.5) is 17.6 Å². The highest BCUT2D eigenvalue weighted by Gasteiger charge is 2.57. The van der Waals surface area contributed by atoms with Crippen molar-refractivity contribution in [1.29, 1.82) is 0 Å². The van der Waals surface area contributed by atoms with Crippen molar-refractivity contribution in [3.05, 3.63) is 29.8 Å². The van der Waals surface area contributed by atoms with Gasteiger partial charge in [-0.15, -0.1) is 0 Å². The number of alkyl halides is 5. The van der Waals surface area contributed by atoms with Crippen molar-refractivity contribution in [2.45, 2.75) is 10.9 Å². The van der Waals surface area contributed by atoms with E-state index in [1.165, 1.54) is 28.1 Å². The molecule has 0 atom stereocenters. The smallest absolute Gasteiger partial charge is 0.427 e. The molecule has 1 rings (SSSR count). The third kappa shape index (κ3) is 2.94. The molecule has 0 aromatic heterocycles. The maximum atomic E-state index is 12.7. The molecule has 0 spiro atoms. The van der Waals surface area contributed by atoms with Gasteiger partial charge in [0.15, 0.2) is 0 Å². The number of halogens is 5. The third-order valence-corrected chi connectivity index (χ3v) is 2.05. The standard InChI is InChI=1S/C9H5BrF4O2/c10-8(11,12)9(13,14)16-7-3-1-6(5-15)2-4-7/h1-5H. The molecule has 0 radical (unpaired) electrons. The van der Waals surface area contributed by atoms with Gasteiger partial charge in [-0.05, 0) is 24.3 Å². The first kappa shape index (κ1) is 13.0. The number of carbonyl (C=O) groups excluding carboxylic acids is 1. The molecule has 0 bridgehead atoms. The van der Waals surface area contributed by atoms with E-state index < -0.39 is 16.7 Å². The number of aldehydes is 1. The molecule has 0 N–H and O–H groups in total. The molecule has 1 aromatic rings. The van der Waals surface area contributed by atoms with Crippen LogP contribution in [0.5, 0.6) is 5.75 Å². The summed E-state index contributed by atoms with van der Waals surface area (Å²) in [7, 11) is 0. The molecule has 0 unspecified atom stereocenters. The summed E-state index contributed by atoms with van der Waals surface area (Å²) in [6, 6.07) is 4.34. The molecular formula is C9H5BrF4O2. The van der Waals surface area contributed by atoms with Crippen molar-refractivity contribution in [3.8, 4) is 5.75 Å². The van der Waals surface area contributed by atoms with E-state index in [4.69, 9.17) is 0 Å². The summed E-state index contributed by atoms with van der Waals surface area (Å²) in [5, 5.41) is 0. The van der Waals surface area contributed by atoms with E-state index in [1.54, 1.807) is 0 Å². The summed E-state index contributed by atoms with van der Waals surface area (Å²) >= 11 is 1.52. The number of benzene rings is 1. The zero-order valence-electron chi connectivity index (χ0n) is 7.59. The van der Waals surface area contributed by atoms with Crippen LogP contribution in [0.15, 0.2) is 24.3 Å². The van der Waals surface area contributed by atoms with Crippen molar-refractivity contribution in [2.24, 2.45) is 0 Å². The van der Waals surface area contributed by atoms with E-state index in [-0.39, 0.29) is 5.56 Å². The van der Waals surface area contributed by atoms with E-state index in [2.05, 4.69) is 4.74 Å².